The number of halogens is 2. The van der Waals surface area contributed by atoms with E-state index in [1.54, 1.807) is 12.3 Å². The standard InChI is InChI=1S/C23H23ClFN3O3/c1-13-12-26-21-17(27-22(29)31-23(2,3)4)10-14-6-5-7-18(20(14)28(13)21)30-19-11-15(25)8-9-16(19)24/h5-9,11-12,17H,10H2,1-4H3,(H,27,29). The van der Waals surface area contributed by atoms with E-state index in [-0.39, 0.29) is 11.8 Å². The number of alkyl carbamates (subject to hydrolysis) is 1. The molecule has 4 rings (SSSR count). The molecule has 1 atom stereocenters. The van der Waals surface area contributed by atoms with Gasteiger partial charge in [0.1, 0.15) is 23.0 Å². The molecule has 0 spiro atoms. The van der Waals surface area contributed by atoms with Crippen LogP contribution < -0.4 is 10.1 Å². The Morgan fingerprint density at radius 3 is 2.77 bits per heavy atom. The van der Waals surface area contributed by atoms with Crippen molar-refractivity contribution in [3.8, 4) is 17.2 Å². The number of hydrogen-bond acceptors (Lipinski definition) is 4. The molecule has 0 radical (unpaired) electrons. The molecule has 0 fully saturated rings. The second-order valence-corrected chi connectivity index (χ2v) is 8.84. The van der Waals surface area contributed by atoms with Gasteiger partial charge < -0.3 is 14.8 Å². The molecule has 1 aliphatic heterocycles. The minimum absolute atomic E-state index is 0.225. The molecule has 31 heavy (non-hydrogen) atoms. The van der Waals surface area contributed by atoms with E-state index in [4.69, 9.17) is 21.1 Å². The predicted molar refractivity (Wildman–Crippen MR) is 116 cm³/mol. The lowest BCUT2D eigenvalue weighted by molar-refractivity contribution is 0.0499. The van der Waals surface area contributed by atoms with Crippen molar-refractivity contribution in [2.24, 2.45) is 0 Å². The van der Waals surface area contributed by atoms with Crippen LogP contribution in [0.4, 0.5) is 9.18 Å². The highest BCUT2D eigenvalue weighted by Crippen LogP contribution is 2.40. The fourth-order valence-corrected chi connectivity index (χ4v) is 3.77. The second kappa shape index (κ2) is 7.89. The maximum atomic E-state index is 13.7. The third-order valence-corrected chi connectivity index (χ3v) is 5.12. The smallest absolute Gasteiger partial charge is 0.408 e. The molecule has 2 aromatic carbocycles. The molecule has 2 heterocycles. The normalized spacial score (nSPS) is 15.1. The number of ether oxygens (including phenoxy) is 2. The van der Waals surface area contributed by atoms with Gasteiger partial charge >= 0.3 is 6.09 Å². The van der Waals surface area contributed by atoms with E-state index < -0.39 is 17.5 Å². The number of benzene rings is 2. The number of hydrogen-bond donors (Lipinski definition) is 1. The highest BCUT2D eigenvalue weighted by Gasteiger charge is 2.32. The average Bonchev–Trinajstić information content (AvgIpc) is 3.05. The fraction of sp³-hybridized carbons (Fsp3) is 0.304. The third-order valence-electron chi connectivity index (χ3n) is 4.81. The highest BCUT2D eigenvalue weighted by atomic mass is 35.5. The fourth-order valence-electron chi connectivity index (χ4n) is 3.61. The number of nitrogens with zero attached hydrogens (tertiary/aromatic N) is 2. The Hall–Kier alpha value is -3.06. The molecule has 1 amide bonds. The van der Waals surface area contributed by atoms with Crippen LogP contribution in [0.25, 0.3) is 5.69 Å². The van der Waals surface area contributed by atoms with E-state index in [1.807, 2.05) is 44.4 Å². The van der Waals surface area contributed by atoms with Crippen molar-refractivity contribution in [2.45, 2.75) is 45.8 Å². The number of carbonyl (C=O) groups excluding carboxylic acids is 1. The lowest BCUT2D eigenvalue weighted by Crippen LogP contribution is -2.38. The van der Waals surface area contributed by atoms with Crippen LogP contribution in [-0.4, -0.2) is 21.2 Å². The van der Waals surface area contributed by atoms with Gasteiger partial charge in [0.05, 0.1) is 16.8 Å². The van der Waals surface area contributed by atoms with Crippen molar-refractivity contribution in [1.29, 1.82) is 0 Å². The molecule has 1 aliphatic rings. The highest BCUT2D eigenvalue weighted by molar-refractivity contribution is 6.32. The summed E-state index contributed by atoms with van der Waals surface area (Å²) in [6.45, 7) is 7.36. The first-order valence-electron chi connectivity index (χ1n) is 9.91. The van der Waals surface area contributed by atoms with Crippen LogP contribution >= 0.6 is 11.6 Å². The van der Waals surface area contributed by atoms with Crippen LogP contribution in [0.1, 0.15) is 43.9 Å². The van der Waals surface area contributed by atoms with Gasteiger partial charge in [-0.25, -0.2) is 14.2 Å². The molecular formula is C23H23ClFN3O3. The molecule has 1 aromatic heterocycles. The van der Waals surface area contributed by atoms with E-state index in [9.17, 15) is 9.18 Å². The van der Waals surface area contributed by atoms with Crippen LogP contribution in [0, 0.1) is 12.7 Å². The number of fused-ring (bicyclic) bond motifs is 3. The SMILES string of the molecule is Cc1cnc2n1-c1c(cccc1Oc1cc(F)ccc1Cl)CC2NC(=O)OC(C)(C)C. The van der Waals surface area contributed by atoms with Crippen LogP contribution in [-0.2, 0) is 11.2 Å². The molecule has 3 aromatic rings. The molecule has 8 heteroatoms. The van der Waals surface area contributed by atoms with E-state index in [0.717, 1.165) is 16.9 Å². The Labute approximate surface area is 185 Å². The first-order chi connectivity index (χ1) is 14.6. The second-order valence-electron chi connectivity index (χ2n) is 8.44. The number of carbonyl (C=O) groups is 1. The van der Waals surface area contributed by atoms with Gasteiger partial charge in [0.25, 0.3) is 0 Å². The molecule has 1 unspecified atom stereocenters. The monoisotopic (exact) mass is 443 g/mol. The Bertz CT molecular complexity index is 1150. The Morgan fingerprint density at radius 2 is 2.03 bits per heavy atom. The van der Waals surface area contributed by atoms with Gasteiger partial charge in [-0.15, -0.1) is 0 Å². The molecule has 6 nitrogen and oxygen atoms in total. The zero-order valence-corrected chi connectivity index (χ0v) is 18.5. The lowest BCUT2D eigenvalue weighted by atomic mass is 9.98. The number of aromatic nitrogens is 2. The molecule has 162 valence electrons. The molecule has 0 bridgehead atoms. The number of nitrogens with one attached hydrogen (secondary N) is 1. The molecular weight excluding hydrogens is 421 g/mol. The van der Waals surface area contributed by atoms with Gasteiger partial charge in [0.2, 0.25) is 0 Å². The van der Waals surface area contributed by atoms with Gasteiger partial charge in [0, 0.05) is 24.4 Å². The Morgan fingerprint density at radius 1 is 1.26 bits per heavy atom. The summed E-state index contributed by atoms with van der Waals surface area (Å²) >= 11 is 6.20. The molecule has 1 N–H and O–H groups in total. The third kappa shape index (κ3) is 4.37. The van der Waals surface area contributed by atoms with Gasteiger partial charge in [-0.05, 0) is 51.5 Å². The topological polar surface area (TPSA) is 65.4 Å². The summed E-state index contributed by atoms with van der Waals surface area (Å²) in [5, 5.41) is 3.22. The number of aryl methyl sites for hydroxylation is 1. The number of amides is 1. The minimum Gasteiger partial charge on any atom is -0.453 e. The van der Waals surface area contributed by atoms with Crippen LogP contribution in [0.15, 0.2) is 42.6 Å². The molecule has 0 aliphatic carbocycles. The average molecular weight is 444 g/mol. The van der Waals surface area contributed by atoms with Crippen molar-refractivity contribution in [3.05, 3.63) is 70.5 Å². The predicted octanol–water partition coefficient (Wildman–Crippen LogP) is 5.89. The van der Waals surface area contributed by atoms with Crippen molar-refractivity contribution in [1.82, 2.24) is 14.9 Å². The van der Waals surface area contributed by atoms with Gasteiger partial charge in [-0.2, -0.15) is 0 Å². The zero-order valence-electron chi connectivity index (χ0n) is 17.7. The van der Waals surface area contributed by atoms with Gasteiger partial charge in [0.15, 0.2) is 5.75 Å². The number of rotatable bonds is 3. The van der Waals surface area contributed by atoms with E-state index in [1.165, 1.54) is 18.2 Å². The minimum atomic E-state index is -0.604. The summed E-state index contributed by atoms with van der Waals surface area (Å²) < 4.78 is 27.1. The quantitative estimate of drug-likeness (QED) is 0.548. The van der Waals surface area contributed by atoms with Crippen molar-refractivity contribution >= 4 is 17.7 Å². The zero-order chi connectivity index (χ0) is 22.3. The number of imidazole rings is 1. The molecule has 0 saturated carbocycles. The van der Waals surface area contributed by atoms with E-state index >= 15 is 0 Å². The van der Waals surface area contributed by atoms with Crippen LogP contribution in [0.3, 0.4) is 0 Å². The summed E-state index contributed by atoms with van der Waals surface area (Å²) in [6.07, 6.45) is 1.73. The summed E-state index contributed by atoms with van der Waals surface area (Å²) in [4.78, 5) is 16.9. The first kappa shape index (κ1) is 21.2. The summed E-state index contributed by atoms with van der Waals surface area (Å²) in [5.74, 6) is 0.967. The Kier molecular flexibility index (Phi) is 5.39. The first-order valence-corrected chi connectivity index (χ1v) is 10.3. The van der Waals surface area contributed by atoms with Crippen molar-refractivity contribution < 1.29 is 18.7 Å². The maximum absolute atomic E-state index is 13.7. The maximum Gasteiger partial charge on any atom is 0.408 e. The van der Waals surface area contributed by atoms with E-state index in [0.29, 0.717) is 23.0 Å². The largest absolute Gasteiger partial charge is 0.453 e. The summed E-state index contributed by atoms with van der Waals surface area (Å²) in [7, 11) is 0. The van der Waals surface area contributed by atoms with Gasteiger partial charge in [-0.3, -0.25) is 4.57 Å². The number of para-hydroxylation sites is 1. The van der Waals surface area contributed by atoms with Crippen molar-refractivity contribution in [2.75, 3.05) is 0 Å². The summed E-state index contributed by atoms with van der Waals surface area (Å²) in [5.41, 5.74) is 2.00. The Balaban J connectivity index is 1.72. The van der Waals surface area contributed by atoms with E-state index in [2.05, 4.69) is 10.3 Å². The lowest BCUT2D eigenvalue weighted by Gasteiger charge is -2.30. The van der Waals surface area contributed by atoms with Crippen LogP contribution in [0.2, 0.25) is 5.02 Å². The molecule has 0 saturated heterocycles. The van der Waals surface area contributed by atoms with Gasteiger partial charge in [-0.1, -0.05) is 23.7 Å². The van der Waals surface area contributed by atoms with Crippen LogP contribution in [0.5, 0.6) is 11.5 Å². The summed E-state index contributed by atoms with van der Waals surface area (Å²) in [6, 6.07) is 9.22. The van der Waals surface area contributed by atoms with Crippen molar-refractivity contribution in [3.63, 3.8) is 0 Å².